The highest BCUT2D eigenvalue weighted by atomic mass is 32.1. The summed E-state index contributed by atoms with van der Waals surface area (Å²) in [5.74, 6) is -0.780. The molecule has 1 saturated heterocycles. The molecule has 160 valence electrons. The first kappa shape index (κ1) is 21.9. The van der Waals surface area contributed by atoms with Crippen molar-refractivity contribution in [3.8, 4) is 11.5 Å². The van der Waals surface area contributed by atoms with Crippen molar-refractivity contribution in [1.82, 2.24) is 4.90 Å². The zero-order valence-corrected chi connectivity index (χ0v) is 18.2. The Hall–Kier alpha value is -2.84. The monoisotopic (exact) mass is 431 g/mol. The number of amides is 1. The fourth-order valence-electron chi connectivity index (χ4n) is 3.38. The molecule has 2 aromatic rings. The second-order valence-corrected chi connectivity index (χ2v) is 7.97. The predicted octanol–water partition coefficient (Wildman–Crippen LogP) is 3.61. The number of aliphatic hydroxyl groups is 1. The van der Waals surface area contributed by atoms with Gasteiger partial charge in [-0.3, -0.25) is 9.59 Å². The number of ketones is 1. The first-order valence-electron chi connectivity index (χ1n) is 9.54. The lowest BCUT2D eigenvalue weighted by Gasteiger charge is -2.24. The topological polar surface area (TPSA) is 85.3 Å². The maximum atomic E-state index is 12.9. The van der Waals surface area contributed by atoms with Crippen molar-refractivity contribution in [3.05, 3.63) is 51.7 Å². The minimum absolute atomic E-state index is 0.00516. The molecule has 1 atom stereocenters. The van der Waals surface area contributed by atoms with Crippen LogP contribution in [0.5, 0.6) is 11.5 Å². The van der Waals surface area contributed by atoms with Gasteiger partial charge in [-0.15, -0.1) is 11.3 Å². The third-order valence-electron chi connectivity index (χ3n) is 4.80. The molecule has 7 nitrogen and oxygen atoms in total. The molecular weight excluding hydrogens is 406 g/mol. The predicted molar refractivity (Wildman–Crippen MR) is 114 cm³/mol. The summed E-state index contributed by atoms with van der Waals surface area (Å²) in [7, 11) is 2.99. The van der Waals surface area contributed by atoms with E-state index in [0.29, 0.717) is 23.7 Å². The van der Waals surface area contributed by atoms with Crippen LogP contribution in [0, 0.1) is 0 Å². The number of aliphatic hydroxyl groups excluding tert-OH is 1. The molecule has 1 unspecified atom stereocenters. The lowest BCUT2D eigenvalue weighted by molar-refractivity contribution is -0.140. The molecule has 1 aromatic heterocycles. The van der Waals surface area contributed by atoms with Crippen LogP contribution in [0.4, 0.5) is 0 Å². The normalized spacial score (nSPS) is 18.3. The molecule has 1 aliphatic heterocycles. The van der Waals surface area contributed by atoms with Crippen molar-refractivity contribution in [3.63, 3.8) is 0 Å². The highest BCUT2D eigenvalue weighted by molar-refractivity contribution is 7.10. The van der Waals surface area contributed by atoms with E-state index in [-0.39, 0.29) is 24.0 Å². The zero-order chi connectivity index (χ0) is 21.8. The number of hydrogen-bond acceptors (Lipinski definition) is 7. The van der Waals surface area contributed by atoms with Gasteiger partial charge in [0.2, 0.25) is 0 Å². The summed E-state index contributed by atoms with van der Waals surface area (Å²) in [4.78, 5) is 28.0. The summed E-state index contributed by atoms with van der Waals surface area (Å²) in [6, 6.07) is 7.88. The number of nitrogens with zero attached hydrogens (tertiary/aromatic N) is 1. The van der Waals surface area contributed by atoms with E-state index < -0.39 is 17.7 Å². The summed E-state index contributed by atoms with van der Waals surface area (Å²) in [6.45, 7) is 4.34. The first-order valence-corrected chi connectivity index (χ1v) is 10.4. The van der Waals surface area contributed by atoms with E-state index in [0.717, 1.165) is 4.88 Å². The van der Waals surface area contributed by atoms with Gasteiger partial charge >= 0.3 is 0 Å². The van der Waals surface area contributed by atoms with E-state index in [1.165, 1.54) is 30.5 Å². The van der Waals surface area contributed by atoms with Crippen LogP contribution < -0.4 is 9.47 Å². The van der Waals surface area contributed by atoms with Crippen LogP contribution in [-0.4, -0.2) is 55.2 Å². The summed E-state index contributed by atoms with van der Waals surface area (Å²) < 4.78 is 16.2. The minimum atomic E-state index is -0.728. The SMILES string of the molecule is COc1ccc(/C(O)=C2/C(=O)C(=O)N(CCOC(C)C)C2c2cccs2)c(OC)c1. The Morgan fingerprint density at radius 3 is 2.57 bits per heavy atom. The molecule has 30 heavy (non-hydrogen) atoms. The maximum absolute atomic E-state index is 12.9. The van der Waals surface area contributed by atoms with E-state index in [1.54, 1.807) is 18.2 Å². The number of carbonyl (C=O) groups excluding carboxylic acids is 2. The third kappa shape index (κ3) is 4.20. The van der Waals surface area contributed by atoms with Crippen LogP contribution in [0.3, 0.4) is 0 Å². The smallest absolute Gasteiger partial charge is 0.295 e. The molecule has 0 spiro atoms. The van der Waals surface area contributed by atoms with Gasteiger partial charge in [-0.05, 0) is 37.4 Å². The molecule has 0 aliphatic carbocycles. The Morgan fingerprint density at radius 1 is 1.20 bits per heavy atom. The fourth-order valence-corrected chi connectivity index (χ4v) is 4.22. The van der Waals surface area contributed by atoms with Crippen molar-refractivity contribution in [2.75, 3.05) is 27.4 Å². The molecule has 1 fully saturated rings. The average molecular weight is 432 g/mol. The standard InChI is InChI=1S/C22H25NO6S/c1-13(2)29-10-9-23-19(17-6-5-11-30-17)18(21(25)22(23)26)20(24)15-8-7-14(27-3)12-16(15)28-4/h5-8,11-13,19,24H,9-10H2,1-4H3/b20-18-. The van der Waals surface area contributed by atoms with Crippen molar-refractivity contribution in [1.29, 1.82) is 0 Å². The van der Waals surface area contributed by atoms with Gasteiger partial charge < -0.3 is 24.2 Å². The summed E-state index contributed by atoms with van der Waals surface area (Å²) in [6.07, 6.45) is 0.00516. The molecule has 8 heteroatoms. The number of ether oxygens (including phenoxy) is 3. The van der Waals surface area contributed by atoms with E-state index in [2.05, 4.69) is 0 Å². The van der Waals surface area contributed by atoms with Crippen molar-refractivity contribution >= 4 is 28.8 Å². The van der Waals surface area contributed by atoms with E-state index in [4.69, 9.17) is 14.2 Å². The quantitative estimate of drug-likeness (QED) is 0.390. The van der Waals surface area contributed by atoms with Crippen LogP contribution in [0.1, 0.15) is 30.3 Å². The van der Waals surface area contributed by atoms with Crippen LogP contribution in [0.25, 0.3) is 5.76 Å². The fraction of sp³-hybridized carbons (Fsp3) is 0.364. The highest BCUT2D eigenvalue weighted by Crippen LogP contribution is 2.42. The number of carbonyl (C=O) groups is 2. The maximum Gasteiger partial charge on any atom is 0.295 e. The zero-order valence-electron chi connectivity index (χ0n) is 17.4. The van der Waals surface area contributed by atoms with Crippen LogP contribution in [0.15, 0.2) is 41.3 Å². The number of benzene rings is 1. The van der Waals surface area contributed by atoms with Gasteiger partial charge in [0.15, 0.2) is 0 Å². The minimum Gasteiger partial charge on any atom is -0.507 e. The molecule has 0 saturated carbocycles. The Balaban J connectivity index is 2.09. The molecule has 1 aromatic carbocycles. The first-order chi connectivity index (χ1) is 14.4. The molecule has 0 radical (unpaired) electrons. The lowest BCUT2D eigenvalue weighted by Crippen LogP contribution is -2.33. The molecule has 2 heterocycles. The number of rotatable bonds is 8. The molecular formula is C22H25NO6S. The number of thiophene rings is 1. The average Bonchev–Trinajstić information content (AvgIpc) is 3.35. The Morgan fingerprint density at radius 2 is 1.97 bits per heavy atom. The second-order valence-electron chi connectivity index (χ2n) is 6.99. The van der Waals surface area contributed by atoms with E-state index >= 15 is 0 Å². The van der Waals surface area contributed by atoms with Crippen molar-refractivity contribution in [2.45, 2.75) is 26.0 Å². The van der Waals surface area contributed by atoms with Gasteiger partial charge in [-0.25, -0.2) is 0 Å². The van der Waals surface area contributed by atoms with Crippen molar-refractivity contribution < 1.29 is 28.9 Å². The molecule has 1 aliphatic rings. The van der Waals surface area contributed by atoms with Gasteiger partial charge in [0.05, 0.1) is 44.1 Å². The Labute approximate surface area is 179 Å². The molecule has 1 N–H and O–H groups in total. The van der Waals surface area contributed by atoms with Gasteiger partial charge in [-0.2, -0.15) is 0 Å². The van der Waals surface area contributed by atoms with Crippen LogP contribution in [-0.2, 0) is 14.3 Å². The van der Waals surface area contributed by atoms with Gasteiger partial charge in [0, 0.05) is 17.5 Å². The number of Topliss-reactive ketones (excluding diaryl/α,β-unsaturated/α-hetero) is 1. The summed E-state index contributed by atoms with van der Waals surface area (Å²) in [5.41, 5.74) is 0.353. The third-order valence-corrected chi connectivity index (χ3v) is 5.72. The van der Waals surface area contributed by atoms with E-state index in [1.807, 2.05) is 31.4 Å². The largest absolute Gasteiger partial charge is 0.507 e. The Bertz CT molecular complexity index is 951. The van der Waals surface area contributed by atoms with Crippen LogP contribution in [0.2, 0.25) is 0 Å². The Kier molecular flexibility index (Phi) is 6.79. The lowest BCUT2D eigenvalue weighted by atomic mass is 9.99. The highest BCUT2D eigenvalue weighted by Gasteiger charge is 2.46. The van der Waals surface area contributed by atoms with E-state index in [9.17, 15) is 14.7 Å². The van der Waals surface area contributed by atoms with Gasteiger partial charge in [0.1, 0.15) is 17.3 Å². The number of likely N-dealkylation sites (tertiary alicyclic amines) is 1. The number of hydrogen-bond donors (Lipinski definition) is 1. The molecule has 0 bridgehead atoms. The summed E-state index contributed by atoms with van der Waals surface area (Å²) in [5, 5.41) is 13.0. The summed E-state index contributed by atoms with van der Waals surface area (Å²) >= 11 is 1.42. The molecule has 1 amide bonds. The van der Waals surface area contributed by atoms with Crippen molar-refractivity contribution in [2.24, 2.45) is 0 Å². The van der Waals surface area contributed by atoms with Gasteiger partial charge in [0.25, 0.3) is 11.7 Å². The number of methoxy groups -OCH3 is 2. The van der Waals surface area contributed by atoms with Crippen LogP contribution >= 0.6 is 11.3 Å². The molecule has 3 rings (SSSR count). The van der Waals surface area contributed by atoms with Gasteiger partial charge in [-0.1, -0.05) is 6.07 Å². The second kappa shape index (κ2) is 9.32.